The summed E-state index contributed by atoms with van der Waals surface area (Å²) in [6.07, 6.45) is 5.62. The Hall–Kier alpha value is -1.12. The number of allylic oxidation sites excluding steroid dienone is 1. The van der Waals surface area contributed by atoms with Crippen molar-refractivity contribution in [2.45, 2.75) is 39.2 Å². The molecule has 0 spiro atoms. The number of hydrogen-bond donors (Lipinski definition) is 1. The molecule has 0 aliphatic heterocycles. The van der Waals surface area contributed by atoms with Gasteiger partial charge in [0.15, 0.2) is 0 Å². The van der Waals surface area contributed by atoms with Crippen LogP contribution < -0.4 is 5.73 Å². The summed E-state index contributed by atoms with van der Waals surface area (Å²) >= 11 is 1.84. The van der Waals surface area contributed by atoms with Crippen molar-refractivity contribution >= 4 is 21.4 Å². The molecule has 2 N–H and O–H groups in total. The Balaban J connectivity index is 1.89. The van der Waals surface area contributed by atoms with Gasteiger partial charge in [-0.05, 0) is 47.1 Å². The Labute approximate surface area is 119 Å². The smallest absolute Gasteiger partial charge is 0.0345 e. The van der Waals surface area contributed by atoms with Crippen molar-refractivity contribution in [3.63, 3.8) is 0 Å². The van der Waals surface area contributed by atoms with Crippen LogP contribution in [0, 0.1) is 5.41 Å². The van der Waals surface area contributed by atoms with E-state index in [0.29, 0.717) is 5.41 Å². The zero-order chi connectivity index (χ0) is 13.5. The molecule has 2 aromatic rings. The van der Waals surface area contributed by atoms with Crippen molar-refractivity contribution in [3.8, 4) is 0 Å². The Bertz CT molecular complexity index is 621. The standard InChI is InChI=1S/C17H21NS/c1-17(2)9-12(8-14(18)10-17)7-13-11-19-16-6-4-3-5-15(13)16/h3-6,8,11,14H,7,9-10,18H2,1-2H3. The van der Waals surface area contributed by atoms with Gasteiger partial charge in [-0.25, -0.2) is 0 Å². The molecule has 19 heavy (non-hydrogen) atoms. The predicted octanol–water partition coefficient (Wildman–Crippen LogP) is 4.52. The first kappa shape index (κ1) is 12.9. The Morgan fingerprint density at radius 3 is 2.89 bits per heavy atom. The number of thiophene rings is 1. The largest absolute Gasteiger partial charge is 0.324 e. The molecule has 100 valence electrons. The van der Waals surface area contributed by atoms with Gasteiger partial charge in [0.1, 0.15) is 0 Å². The van der Waals surface area contributed by atoms with E-state index in [4.69, 9.17) is 5.73 Å². The third-order valence-corrected chi connectivity index (χ3v) is 4.93. The summed E-state index contributed by atoms with van der Waals surface area (Å²) in [5.74, 6) is 0. The minimum absolute atomic E-state index is 0.226. The molecule has 1 heterocycles. The lowest BCUT2D eigenvalue weighted by Gasteiger charge is -2.33. The second kappa shape index (κ2) is 4.77. The van der Waals surface area contributed by atoms with E-state index in [1.165, 1.54) is 27.6 Å². The zero-order valence-corrected chi connectivity index (χ0v) is 12.5. The van der Waals surface area contributed by atoms with E-state index in [1.54, 1.807) is 0 Å². The third kappa shape index (κ3) is 2.75. The molecule has 1 aliphatic carbocycles. The van der Waals surface area contributed by atoms with Crippen LogP contribution >= 0.6 is 11.3 Å². The molecule has 0 saturated heterocycles. The summed E-state index contributed by atoms with van der Waals surface area (Å²) in [5.41, 5.74) is 9.47. The van der Waals surface area contributed by atoms with Gasteiger partial charge in [0.2, 0.25) is 0 Å². The molecule has 1 aromatic heterocycles. The SMILES string of the molecule is CC1(C)CC(Cc2csc3ccccc23)=CC(N)C1. The second-order valence-electron chi connectivity index (χ2n) is 6.47. The average Bonchev–Trinajstić information content (AvgIpc) is 2.70. The summed E-state index contributed by atoms with van der Waals surface area (Å²) < 4.78 is 1.39. The van der Waals surface area contributed by atoms with E-state index >= 15 is 0 Å². The van der Waals surface area contributed by atoms with Gasteiger partial charge < -0.3 is 5.73 Å². The van der Waals surface area contributed by atoms with E-state index in [0.717, 1.165) is 12.8 Å². The molecule has 1 aromatic carbocycles. The molecule has 2 heteroatoms. The minimum Gasteiger partial charge on any atom is -0.324 e. The lowest BCUT2D eigenvalue weighted by molar-refractivity contribution is 0.299. The molecular weight excluding hydrogens is 250 g/mol. The minimum atomic E-state index is 0.226. The van der Waals surface area contributed by atoms with Gasteiger partial charge >= 0.3 is 0 Å². The quantitative estimate of drug-likeness (QED) is 0.799. The molecule has 3 rings (SSSR count). The Morgan fingerprint density at radius 1 is 1.32 bits per heavy atom. The molecule has 0 amide bonds. The first-order valence-corrected chi connectivity index (χ1v) is 7.82. The van der Waals surface area contributed by atoms with Crippen LogP contribution in [0.15, 0.2) is 41.3 Å². The highest BCUT2D eigenvalue weighted by Gasteiger charge is 2.27. The van der Waals surface area contributed by atoms with Crippen molar-refractivity contribution in [2.24, 2.45) is 11.1 Å². The van der Waals surface area contributed by atoms with Crippen LogP contribution in [0.25, 0.3) is 10.1 Å². The monoisotopic (exact) mass is 271 g/mol. The molecular formula is C17H21NS. The maximum absolute atomic E-state index is 6.17. The van der Waals surface area contributed by atoms with Gasteiger partial charge in [-0.15, -0.1) is 11.3 Å². The number of benzene rings is 1. The first-order valence-electron chi connectivity index (χ1n) is 6.94. The fourth-order valence-corrected chi connectivity index (χ4v) is 4.24. The maximum atomic E-state index is 6.17. The molecule has 1 aliphatic rings. The summed E-state index contributed by atoms with van der Waals surface area (Å²) in [7, 11) is 0. The average molecular weight is 271 g/mol. The Morgan fingerprint density at radius 2 is 2.11 bits per heavy atom. The van der Waals surface area contributed by atoms with Gasteiger partial charge in [0, 0.05) is 10.7 Å². The van der Waals surface area contributed by atoms with E-state index in [-0.39, 0.29) is 6.04 Å². The highest BCUT2D eigenvalue weighted by Crippen LogP contribution is 2.37. The lowest BCUT2D eigenvalue weighted by atomic mass is 9.74. The van der Waals surface area contributed by atoms with Crippen molar-refractivity contribution in [2.75, 3.05) is 0 Å². The molecule has 0 bridgehead atoms. The van der Waals surface area contributed by atoms with Gasteiger partial charge in [-0.1, -0.05) is 43.7 Å². The second-order valence-corrected chi connectivity index (χ2v) is 7.38. The highest BCUT2D eigenvalue weighted by atomic mass is 32.1. The summed E-state index contributed by atoms with van der Waals surface area (Å²) in [6.45, 7) is 4.65. The van der Waals surface area contributed by atoms with E-state index in [1.807, 2.05) is 11.3 Å². The number of nitrogens with two attached hydrogens (primary N) is 1. The fraction of sp³-hybridized carbons (Fsp3) is 0.412. The number of fused-ring (bicyclic) bond motifs is 1. The third-order valence-electron chi connectivity index (χ3n) is 3.92. The molecule has 1 atom stereocenters. The van der Waals surface area contributed by atoms with Crippen LogP contribution in [0.2, 0.25) is 0 Å². The van der Waals surface area contributed by atoms with Crippen molar-refractivity contribution in [1.82, 2.24) is 0 Å². The van der Waals surface area contributed by atoms with Gasteiger partial charge in [0.25, 0.3) is 0 Å². The van der Waals surface area contributed by atoms with Gasteiger partial charge in [-0.3, -0.25) is 0 Å². The van der Waals surface area contributed by atoms with Crippen molar-refractivity contribution in [1.29, 1.82) is 0 Å². The van der Waals surface area contributed by atoms with Crippen LogP contribution in [-0.4, -0.2) is 6.04 Å². The summed E-state index contributed by atoms with van der Waals surface area (Å²) in [6, 6.07) is 8.90. The number of rotatable bonds is 2. The van der Waals surface area contributed by atoms with Crippen LogP contribution in [-0.2, 0) is 6.42 Å². The molecule has 0 saturated carbocycles. The van der Waals surface area contributed by atoms with Crippen LogP contribution in [0.3, 0.4) is 0 Å². The molecule has 1 nitrogen and oxygen atoms in total. The molecule has 1 unspecified atom stereocenters. The van der Waals surface area contributed by atoms with Crippen LogP contribution in [0.1, 0.15) is 32.3 Å². The molecule has 0 radical (unpaired) electrons. The van der Waals surface area contributed by atoms with Crippen molar-refractivity contribution in [3.05, 3.63) is 46.9 Å². The summed E-state index contributed by atoms with van der Waals surface area (Å²) in [4.78, 5) is 0. The van der Waals surface area contributed by atoms with Crippen LogP contribution in [0.4, 0.5) is 0 Å². The van der Waals surface area contributed by atoms with Gasteiger partial charge in [0.05, 0.1) is 0 Å². The highest BCUT2D eigenvalue weighted by molar-refractivity contribution is 7.17. The predicted molar refractivity (Wildman–Crippen MR) is 84.6 cm³/mol. The van der Waals surface area contributed by atoms with Crippen LogP contribution in [0.5, 0.6) is 0 Å². The fourth-order valence-electron chi connectivity index (χ4n) is 3.28. The van der Waals surface area contributed by atoms with Crippen molar-refractivity contribution < 1.29 is 0 Å². The van der Waals surface area contributed by atoms with E-state index in [9.17, 15) is 0 Å². The summed E-state index contributed by atoms with van der Waals surface area (Å²) in [5, 5.41) is 3.71. The zero-order valence-electron chi connectivity index (χ0n) is 11.6. The van der Waals surface area contributed by atoms with E-state index in [2.05, 4.69) is 49.6 Å². The number of hydrogen-bond acceptors (Lipinski definition) is 2. The normalized spacial score (nSPS) is 22.5. The molecule has 0 fully saturated rings. The topological polar surface area (TPSA) is 26.0 Å². The Kier molecular flexibility index (Phi) is 3.23. The first-order chi connectivity index (χ1) is 9.03. The van der Waals surface area contributed by atoms with Gasteiger partial charge in [-0.2, -0.15) is 0 Å². The lowest BCUT2D eigenvalue weighted by Crippen LogP contribution is -2.31. The maximum Gasteiger partial charge on any atom is 0.0345 e. The van der Waals surface area contributed by atoms with E-state index < -0.39 is 0 Å².